The molecular formula is C23H21ClN2O4S. The summed E-state index contributed by atoms with van der Waals surface area (Å²) in [7, 11) is 0. The number of benzene rings is 2. The van der Waals surface area contributed by atoms with Crippen LogP contribution < -0.4 is 10.6 Å². The van der Waals surface area contributed by atoms with Crippen LogP contribution in [0.5, 0.6) is 0 Å². The van der Waals surface area contributed by atoms with Gasteiger partial charge in [-0.25, -0.2) is 0 Å². The highest BCUT2D eigenvalue weighted by molar-refractivity contribution is 7.21. The number of carbonyl (C=O) groups excluding carboxylic acids is 3. The molecule has 31 heavy (non-hydrogen) atoms. The number of nitrogens with one attached hydrogen (secondary N) is 2. The van der Waals surface area contributed by atoms with Gasteiger partial charge >= 0.3 is 5.97 Å². The van der Waals surface area contributed by atoms with E-state index in [1.54, 1.807) is 0 Å². The van der Waals surface area contributed by atoms with Gasteiger partial charge in [0.05, 0.1) is 5.02 Å². The molecule has 0 radical (unpaired) electrons. The number of ether oxygens (including phenoxy) is 1. The number of esters is 1. The standard InChI is InChI=1S/C23H21ClN2O4S/c24-20-16-8-4-5-9-17(16)31-21(20)22(29)25-12-19(28)30-13-18(27)26-14-23(10-11-23)15-6-2-1-3-7-15/h1-9H,10-14H2,(H,25,29)(H,26,27). The Morgan fingerprint density at radius 3 is 2.42 bits per heavy atom. The molecule has 2 N–H and O–H groups in total. The van der Waals surface area contributed by atoms with Crippen LogP contribution >= 0.6 is 22.9 Å². The average Bonchev–Trinajstić information content (AvgIpc) is 3.52. The van der Waals surface area contributed by atoms with Gasteiger partial charge in [0.1, 0.15) is 11.4 Å². The minimum absolute atomic E-state index is 0.0155. The lowest BCUT2D eigenvalue weighted by molar-refractivity contribution is -0.147. The van der Waals surface area contributed by atoms with Crippen molar-refractivity contribution in [3.8, 4) is 0 Å². The Labute approximate surface area is 188 Å². The van der Waals surface area contributed by atoms with E-state index < -0.39 is 11.9 Å². The van der Waals surface area contributed by atoms with Crippen molar-refractivity contribution in [3.05, 3.63) is 70.1 Å². The predicted molar refractivity (Wildman–Crippen MR) is 120 cm³/mol. The molecule has 0 bridgehead atoms. The normalized spacial score (nSPS) is 14.1. The molecule has 0 spiro atoms. The third-order valence-electron chi connectivity index (χ3n) is 5.36. The van der Waals surface area contributed by atoms with Gasteiger partial charge in [-0.15, -0.1) is 11.3 Å². The van der Waals surface area contributed by atoms with E-state index in [2.05, 4.69) is 22.8 Å². The fourth-order valence-corrected chi connectivity index (χ4v) is 4.85. The van der Waals surface area contributed by atoms with Crippen molar-refractivity contribution in [1.82, 2.24) is 10.6 Å². The van der Waals surface area contributed by atoms with E-state index in [-0.39, 0.29) is 24.5 Å². The fraction of sp³-hybridized carbons (Fsp3) is 0.261. The second kappa shape index (κ2) is 9.08. The van der Waals surface area contributed by atoms with Crippen molar-refractivity contribution in [3.63, 3.8) is 0 Å². The third-order valence-corrected chi connectivity index (χ3v) is 7.04. The monoisotopic (exact) mass is 456 g/mol. The van der Waals surface area contributed by atoms with E-state index in [0.29, 0.717) is 16.4 Å². The third kappa shape index (κ3) is 4.89. The number of halogens is 1. The number of hydrogen-bond donors (Lipinski definition) is 2. The average molecular weight is 457 g/mol. The Bertz CT molecular complexity index is 1130. The van der Waals surface area contributed by atoms with E-state index >= 15 is 0 Å². The first-order valence-corrected chi connectivity index (χ1v) is 11.1. The van der Waals surface area contributed by atoms with E-state index in [1.807, 2.05) is 42.5 Å². The van der Waals surface area contributed by atoms with E-state index in [4.69, 9.17) is 16.3 Å². The first kappa shape index (κ1) is 21.3. The molecule has 160 valence electrons. The van der Waals surface area contributed by atoms with Crippen LogP contribution in [-0.4, -0.2) is 37.5 Å². The summed E-state index contributed by atoms with van der Waals surface area (Å²) in [5.74, 6) is -1.51. The molecule has 1 aromatic heterocycles. The molecule has 8 heteroatoms. The maximum Gasteiger partial charge on any atom is 0.325 e. The molecule has 0 saturated heterocycles. The Morgan fingerprint density at radius 2 is 1.71 bits per heavy atom. The van der Waals surface area contributed by atoms with Gasteiger partial charge in [0.2, 0.25) is 0 Å². The van der Waals surface area contributed by atoms with E-state index in [9.17, 15) is 14.4 Å². The lowest BCUT2D eigenvalue weighted by Gasteiger charge is -2.16. The number of hydrogen-bond acceptors (Lipinski definition) is 5. The van der Waals surface area contributed by atoms with E-state index in [1.165, 1.54) is 16.9 Å². The van der Waals surface area contributed by atoms with Gasteiger partial charge < -0.3 is 15.4 Å². The summed E-state index contributed by atoms with van der Waals surface area (Å²) in [5.41, 5.74) is 1.19. The van der Waals surface area contributed by atoms with Crippen LogP contribution in [0.15, 0.2) is 54.6 Å². The topological polar surface area (TPSA) is 84.5 Å². The summed E-state index contributed by atoms with van der Waals surface area (Å²) in [6, 6.07) is 17.5. The van der Waals surface area contributed by atoms with Crippen molar-refractivity contribution < 1.29 is 19.1 Å². The van der Waals surface area contributed by atoms with Crippen molar-refractivity contribution in [2.24, 2.45) is 0 Å². The molecule has 1 aliphatic carbocycles. The molecule has 1 fully saturated rings. The first-order chi connectivity index (χ1) is 15.0. The van der Waals surface area contributed by atoms with E-state index in [0.717, 1.165) is 22.9 Å². The molecule has 3 aromatic rings. The minimum atomic E-state index is -0.690. The summed E-state index contributed by atoms with van der Waals surface area (Å²) in [6.45, 7) is -0.220. The second-order valence-electron chi connectivity index (χ2n) is 7.51. The zero-order valence-electron chi connectivity index (χ0n) is 16.7. The number of amides is 2. The number of rotatable bonds is 8. The lowest BCUT2D eigenvalue weighted by atomic mass is 9.96. The number of thiophene rings is 1. The molecule has 1 aliphatic rings. The molecule has 2 aromatic carbocycles. The van der Waals surface area contributed by atoms with Crippen molar-refractivity contribution in [2.45, 2.75) is 18.3 Å². The van der Waals surface area contributed by atoms with Crippen LogP contribution in [0.3, 0.4) is 0 Å². The fourth-order valence-electron chi connectivity index (χ4n) is 3.42. The molecule has 1 saturated carbocycles. The van der Waals surface area contributed by atoms with Gasteiger partial charge in [-0.3, -0.25) is 14.4 Å². The number of fused-ring (bicyclic) bond motifs is 1. The second-order valence-corrected chi connectivity index (χ2v) is 8.94. The maximum absolute atomic E-state index is 12.4. The smallest absolute Gasteiger partial charge is 0.325 e. The van der Waals surface area contributed by atoms with Crippen molar-refractivity contribution >= 4 is 50.8 Å². The zero-order chi connectivity index (χ0) is 21.8. The molecule has 0 atom stereocenters. The van der Waals surface area contributed by atoms with Crippen molar-refractivity contribution in [2.75, 3.05) is 19.7 Å². The largest absolute Gasteiger partial charge is 0.454 e. The van der Waals surface area contributed by atoms with Crippen LogP contribution in [0.2, 0.25) is 5.02 Å². The van der Waals surface area contributed by atoms with Crippen LogP contribution in [0.25, 0.3) is 10.1 Å². The highest BCUT2D eigenvalue weighted by atomic mass is 35.5. The molecule has 1 heterocycles. The first-order valence-electron chi connectivity index (χ1n) is 9.92. The summed E-state index contributed by atoms with van der Waals surface area (Å²) in [4.78, 5) is 36.7. The van der Waals surface area contributed by atoms with Crippen LogP contribution in [0.4, 0.5) is 0 Å². The van der Waals surface area contributed by atoms with Gasteiger partial charge in [-0.1, -0.05) is 60.1 Å². The Hall–Kier alpha value is -2.90. The quantitative estimate of drug-likeness (QED) is 0.506. The van der Waals surface area contributed by atoms with Gasteiger partial charge in [0, 0.05) is 22.0 Å². The van der Waals surface area contributed by atoms with Crippen LogP contribution in [-0.2, 0) is 19.7 Å². The minimum Gasteiger partial charge on any atom is -0.454 e. The molecule has 0 aliphatic heterocycles. The van der Waals surface area contributed by atoms with Crippen molar-refractivity contribution in [1.29, 1.82) is 0 Å². The maximum atomic E-state index is 12.4. The lowest BCUT2D eigenvalue weighted by Crippen LogP contribution is -2.36. The highest BCUT2D eigenvalue weighted by Crippen LogP contribution is 2.47. The zero-order valence-corrected chi connectivity index (χ0v) is 18.2. The Balaban J connectivity index is 1.21. The van der Waals surface area contributed by atoms with Crippen LogP contribution in [0.1, 0.15) is 28.1 Å². The Morgan fingerprint density at radius 1 is 1.00 bits per heavy atom. The molecule has 6 nitrogen and oxygen atoms in total. The predicted octanol–water partition coefficient (Wildman–Crippen LogP) is 3.68. The summed E-state index contributed by atoms with van der Waals surface area (Å²) >= 11 is 7.53. The molecule has 2 amide bonds. The van der Waals surface area contributed by atoms with Gasteiger partial charge in [-0.2, -0.15) is 0 Å². The van der Waals surface area contributed by atoms with Gasteiger partial charge in [-0.05, 0) is 24.5 Å². The molecule has 4 rings (SSSR count). The summed E-state index contributed by atoms with van der Waals surface area (Å²) in [5, 5.41) is 6.48. The SMILES string of the molecule is O=C(COC(=O)CNC(=O)c1sc2ccccc2c1Cl)NCC1(c2ccccc2)CC1. The molecular weight excluding hydrogens is 436 g/mol. The Kier molecular flexibility index (Phi) is 6.25. The van der Waals surface area contributed by atoms with Gasteiger partial charge in [0.15, 0.2) is 6.61 Å². The van der Waals surface area contributed by atoms with Gasteiger partial charge in [0.25, 0.3) is 11.8 Å². The summed E-state index contributed by atoms with van der Waals surface area (Å²) < 4.78 is 5.86. The highest BCUT2D eigenvalue weighted by Gasteiger charge is 2.44. The number of carbonyl (C=O) groups is 3. The summed E-state index contributed by atoms with van der Waals surface area (Å²) in [6.07, 6.45) is 2.03. The molecule has 0 unspecified atom stereocenters. The van der Waals surface area contributed by atoms with Crippen LogP contribution in [0, 0.1) is 0 Å².